The second-order valence-electron chi connectivity index (χ2n) is 11.4. The minimum atomic E-state index is -0.600. The zero-order chi connectivity index (χ0) is 31.3. The van der Waals surface area contributed by atoms with E-state index in [4.69, 9.17) is 14.1 Å². The Morgan fingerprint density at radius 1 is 1.07 bits per heavy atom. The van der Waals surface area contributed by atoms with Crippen LogP contribution >= 0.6 is 0 Å². The molecule has 2 aromatic carbocycles. The van der Waals surface area contributed by atoms with Crippen LogP contribution < -0.4 is 11.3 Å². The van der Waals surface area contributed by atoms with Crippen molar-refractivity contribution in [1.29, 1.82) is 0 Å². The lowest BCUT2D eigenvalue weighted by molar-refractivity contribution is 0.0402. The van der Waals surface area contributed by atoms with Crippen molar-refractivity contribution in [2.75, 3.05) is 13.7 Å². The van der Waals surface area contributed by atoms with Gasteiger partial charge in [-0.25, -0.2) is 9.31 Å². The van der Waals surface area contributed by atoms with Crippen LogP contribution in [0.5, 0.6) is 0 Å². The van der Waals surface area contributed by atoms with Crippen LogP contribution in [0.3, 0.4) is 0 Å². The van der Waals surface area contributed by atoms with Gasteiger partial charge in [-0.1, -0.05) is 72.2 Å². The van der Waals surface area contributed by atoms with Crippen molar-refractivity contribution in [2.24, 2.45) is 5.16 Å². The van der Waals surface area contributed by atoms with Gasteiger partial charge in [0.1, 0.15) is 13.4 Å². The minimum Gasteiger partial charge on any atom is -0.399 e. The van der Waals surface area contributed by atoms with Gasteiger partial charge in [-0.15, -0.1) is 0 Å². The molecule has 0 unspecified atom stereocenters. The quantitative estimate of drug-likeness (QED) is 0.163. The van der Waals surface area contributed by atoms with Crippen LogP contribution in [0.25, 0.3) is 28.3 Å². The van der Waals surface area contributed by atoms with Gasteiger partial charge in [0, 0.05) is 23.6 Å². The Balaban J connectivity index is 1.28. The molecule has 0 radical (unpaired) electrons. The summed E-state index contributed by atoms with van der Waals surface area (Å²) < 4.78 is 14.5. The lowest BCUT2D eigenvalue weighted by Gasteiger charge is -2.30. The first kappa shape index (κ1) is 30.2. The molecular formula is C33H37N7O5. The van der Waals surface area contributed by atoms with Crippen molar-refractivity contribution < 1.29 is 14.1 Å². The number of aromatic nitrogens is 6. The summed E-state index contributed by atoms with van der Waals surface area (Å²) >= 11 is 0. The number of hydrogen-bond donors (Lipinski definition) is 1. The van der Waals surface area contributed by atoms with Crippen LogP contribution in [0.4, 0.5) is 0 Å². The Kier molecular flexibility index (Phi) is 9.01. The summed E-state index contributed by atoms with van der Waals surface area (Å²) in [5, 5.41) is 12.4. The molecule has 5 aromatic rings. The molecule has 3 heterocycles. The molecule has 234 valence electrons. The number of H-pyrrole nitrogens is 1. The highest BCUT2D eigenvalue weighted by molar-refractivity contribution is 5.82. The Bertz CT molecular complexity index is 1910. The molecule has 1 saturated carbocycles. The number of benzene rings is 2. The number of rotatable bonds is 11. The molecule has 0 spiro atoms. The fourth-order valence-electron chi connectivity index (χ4n) is 6.26. The summed E-state index contributed by atoms with van der Waals surface area (Å²) in [6.07, 6.45) is 7.02. The standard InChI is InChI=1S/C33H37N7O5/c1-4-7-29-28(18-22-10-12-23(13-11-22)26-8-5-6-9-27(26)30-36-33(42)45-38-30)31(41)39(32-34-20-35-40(29)32)24-14-16-25(17-15-24)44-19-21(2)37-43-3/h5-6,8-13,20,24-25H,4,7,14-19H2,1-3H3,(H,36,38,42). The first-order valence-corrected chi connectivity index (χ1v) is 15.4. The van der Waals surface area contributed by atoms with E-state index in [1.54, 1.807) is 0 Å². The SMILES string of the molecule is CCCc1c(Cc2ccc(-c3ccccc3-c3noc(=O)[nH]3)cc2)c(=O)n(C2CCC(OCC(C)=NOC)CC2)c2ncnn12. The lowest BCUT2D eigenvalue weighted by atomic mass is 9.92. The average molecular weight is 612 g/mol. The maximum atomic E-state index is 14.3. The van der Waals surface area contributed by atoms with E-state index in [2.05, 4.69) is 32.3 Å². The molecule has 0 amide bonds. The second kappa shape index (κ2) is 13.4. The first-order valence-electron chi connectivity index (χ1n) is 15.4. The van der Waals surface area contributed by atoms with E-state index in [1.165, 1.54) is 13.4 Å². The largest absolute Gasteiger partial charge is 0.439 e. The summed E-state index contributed by atoms with van der Waals surface area (Å²) in [6, 6.07) is 15.8. The van der Waals surface area contributed by atoms with Crippen molar-refractivity contribution in [2.45, 2.75) is 70.9 Å². The highest BCUT2D eigenvalue weighted by Gasteiger charge is 2.28. The molecule has 1 fully saturated rings. The number of nitrogens with zero attached hydrogens (tertiary/aromatic N) is 6. The molecule has 1 aliphatic carbocycles. The molecule has 3 aromatic heterocycles. The predicted molar refractivity (Wildman–Crippen MR) is 169 cm³/mol. The van der Waals surface area contributed by atoms with Crippen LogP contribution in [-0.4, -0.2) is 54.8 Å². The molecule has 6 rings (SSSR count). The van der Waals surface area contributed by atoms with Gasteiger partial charge in [0.2, 0.25) is 5.78 Å². The van der Waals surface area contributed by atoms with E-state index < -0.39 is 5.76 Å². The number of aryl methyl sites for hydroxylation is 1. The molecule has 12 heteroatoms. The van der Waals surface area contributed by atoms with Crippen LogP contribution in [0.2, 0.25) is 0 Å². The maximum absolute atomic E-state index is 14.3. The maximum Gasteiger partial charge on any atom is 0.439 e. The van der Waals surface area contributed by atoms with Gasteiger partial charge in [0.05, 0.1) is 24.1 Å². The number of fused-ring (bicyclic) bond motifs is 1. The number of ether oxygens (including phenoxy) is 1. The van der Waals surface area contributed by atoms with E-state index in [0.717, 1.165) is 77.7 Å². The Morgan fingerprint density at radius 3 is 2.51 bits per heavy atom. The van der Waals surface area contributed by atoms with Crippen molar-refractivity contribution in [3.63, 3.8) is 0 Å². The molecule has 0 aliphatic heterocycles. The predicted octanol–water partition coefficient (Wildman–Crippen LogP) is 4.97. The van der Waals surface area contributed by atoms with Gasteiger partial charge in [-0.3, -0.25) is 18.9 Å². The molecule has 1 aliphatic rings. The molecular weight excluding hydrogens is 574 g/mol. The van der Waals surface area contributed by atoms with Crippen molar-refractivity contribution in [1.82, 2.24) is 29.3 Å². The van der Waals surface area contributed by atoms with Crippen LogP contribution in [-0.2, 0) is 22.4 Å². The van der Waals surface area contributed by atoms with Gasteiger partial charge in [0.15, 0.2) is 5.82 Å². The topological polar surface area (TPSA) is 142 Å². The third-order valence-corrected chi connectivity index (χ3v) is 8.37. The number of hydrogen-bond acceptors (Lipinski definition) is 9. The van der Waals surface area contributed by atoms with E-state index in [1.807, 2.05) is 64.5 Å². The summed E-state index contributed by atoms with van der Waals surface area (Å²) in [4.78, 5) is 37.9. The summed E-state index contributed by atoms with van der Waals surface area (Å²) in [5.74, 6) is 0.371. The summed E-state index contributed by atoms with van der Waals surface area (Å²) in [6.45, 7) is 4.41. The molecule has 1 N–H and O–H groups in total. The minimum absolute atomic E-state index is 0.00389. The van der Waals surface area contributed by atoms with Gasteiger partial charge >= 0.3 is 5.76 Å². The van der Waals surface area contributed by atoms with E-state index >= 15 is 0 Å². The third kappa shape index (κ3) is 6.37. The van der Waals surface area contributed by atoms with Crippen LogP contribution in [0.15, 0.2) is 74.1 Å². The molecule has 12 nitrogen and oxygen atoms in total. The fraction of sp³-hybridized carbons (Fsp3) is 0.394. The smallest absolute Gasteiger partial charge is 0.399 e. The highest BCUT2D eigenvalue weighted by Crippen LogP contribution is 2.32. The molecule has 0 bridgehead atoms. The average Bonchev–Trinajstić information content (AvgIpc) is 3.72. The zero-order valence-corrected chi connectivity index (χ0v) is 25.7. The monoisotopic (exact) mass is 611 g/mol. The van der Waals surface area contributed by atoms with Gasteiger partial charge in [-0.2, -0.15) is 10.1 Å². The van der Waals surface area contributed by atoms with E-state index in [0.29, 0.717) is 24.6 Å². The lowest BCUT2D eigenvalue weighted by Crippen LogP contribution is -2.35. The van der Waals surface area contributed by atoms with Gasteiger partial charge in [0.25, 0.3) is 5.56 Å². The fourth-order valence-corrected chi connectivity index (χ4v) is 6.26. The van der Waals surface area contributed by atoms with Gasteiger partial charge < -0.3 is 9.57 Å². The number of aromatic amines is 1. The van der Waals surface area contributed by atoms with E-state index in [-0.39, 0.29) is 17.7 Å². The summed E-state index contributed by atoms with van der Waals surface area (Å²) in [5.41, 5.74) is 6.08. The number of oxime groups is 1. The Hall–Kier alpha value is -4.84. The van der Waals surface area contributed by atoms with Crippen molar-refractivity contribution >= 4 is 11.5 Å². The molecule has 0 saturated heterocycles. The summed E-state index contributed by atoms with van der Waals surface area (Å²) in [7, 11) is 1.53. The van der Waals surface area contributed by atoms with E-state index in [9.17, 15) is 9.59 Å². The Morgan fingerprint density at radius 2 is 1.82 bits per heavy atom. The van der Waals surface area contributed by atoms with Gasteiger partial charge in [-0.05, 0) is 55.7 Å². The third-order valence-electron chi connectivity index (χ3n) is 8.37. The zero-order valence-electron chi connectivity index (χ0n) is 25.7. The van der Waals surface area contributed by atoms with Crippen LogP contribution in [0, 0.1) is 0 Å². The van der Waals surface area contributed by atoms with Crippen molar-refractivity contribution in [3.8, 4) is 22.5 Å². The number of nitrogens with one attached hydrogen (secondary N) is 1. The second-order valence-corrected chi connectivity index (χ2v) is 11.4. The highest BCUT2D eigenvalue weighted by atomic mass is 16.6. The van der Waals surface area contributed by atoms with Crippen molar-refractivity contribution in [3.05, 3.63) is 92.6 Å². The normalized spacial score (nSPS) is 17.2. The molecule has 45 heavy (non-hydrogen) atoms. The first-order chi connectivity index (χ1) is 22.0. The molecule has 0 atom stereocenters. The van der Waals surface area contributed by atoms with Crippen LogP contribution in [0.1, 0.15) is 68.8 Å². The Labute approximate surface area is 259 Å².